The molecule has 0 aliphatic rings. The lowest BCUT2D eigenvalue weighted by Crippen LogP contribution is -1.84. The number of fused-ring (bicyclic) bond motifs is 7. The van der Waals surface area contributed by atoms with Gasteiger partial charge in [-0.1, -0.05) is 121 Å². The summed E-state index contributed by atoms with van der Waals surface area (Å²) < 4.78 is 0. The minimum atomic E-state index is 1.25. The third-order valence-electron chi connectivity index (χ3n) is 7.98. The molecule has 0 spiro atoms. The zero-order chi connectivity index (χ0) is 25.1. The Labute approximate surface area is 221 Å². The van der Waals surface area contributed by atoms with Crippen molar-refractivity contribution in [3.63, 3.8) is 0 Å². The van der Waals surface area contributed by atoms with Crippen molar-refractivity contribution >= 4 is 53.9 Å². The molecule has 0 saturated heterocycles. The maximum absolute atomic E-state index is 2.33. The van der Waals surface area contributed by atoms with Gasteiger partial charge in [0, 0.05) is 0 Å². The van der Waals surface area contributed by atoms with Crippen LogP contribution in [0.25, 0.3) is 76.1 Å². The Balaban J connectivity index is 1.21. The molecule has 0 atom stereocenters. The average Bonchev–Trinajstić information content (AvgIpc) is 2.99. The smallest absolute Gasteiger partial charge is 0.00268 e. The van der Waals surface area contributed by atoms with E-state index in [1.165, 1.54) is 76.1 Å². The van der Waals surface area contributed by atoms with E-state index in [-0.39, 0.29) is 0 Å². The minimum absolute atomic E-state index is 1.25. The summed E-state index contributed by atoms with van der Waals surface area (Å²) in [5, 5.41) is 12.9. The maximum Gasteiger partial charge on any atom is -0.00268 e. The van der Waals surface area contributed by atoms with Gasteiger partial charge in [0.15, 0.2) is 0 Å². The van der Waals surface area contributed by atoms with Crippen molar-refractivity contribution in [3.05, 3.63) is 146 Å². The standard InChI is InChI=1S/C38H24/c1-2-7-28-21-29(13-9-25(28)5-1)30-14-15-32-23-33(17-16-31(32)22-30)34-19-20-37-35(24-34)18-12-27-11-10-26-6-3-4-8-36(26)38(27)37/h1-24H. The monoisotopic (exact) mass is 480 g/mol. The second-order valence-corrected chi connectivity index (χ2v) is 10.2. The molecule has 0 nitrogen and oxygen atoms in total. The summed E-state index contributed by atoms with van der Waals surface area (Å²) in [6.07, 6.45) is 0. The van der Waals surface area contributed by atoms with Gasteiger partial charge in [0.1, 0.15) is 0 Å². The van der Waals surface area contributed by atoms with Crippen LogP contribution in [-0.4, -0.2) is 0 Å². The van der Waals surface area contributed by atoms with Gasteiger partial charge in [0.05, 0.1) is 0 Å². The van der Waals surface area contributed by atoms with Crippen molar-refractivity contribution in [3.8, 4) is 22.3 Å². The lowest BCUT2D eigenvalue weighted by Gasteiger charge is -2.11. The van der Waals surface area contributed by atoms with Gasteiger partial charge in [-0.05, 0) is 100 Å². The van der Waals surface area contributed by atoms with E-state index in [0.29, 0.717) is 0 Å². The van der Waals surface area contributed by atoms with Crippen molar-refractivity contribution in [1.29, 1.82) is 0 Å². The van der Waals surface area contributed by atoms with E-state index in [0.717, 1.165) is 0 Å². The largest absolute Gasteiger partial charge is 0.0616 e. The predicted molar refractivity (Wildman–Crippen MR) is 165 cm³/mol. The molecule has 38 heavy (non-hydrogen) atoms. The fourth-order valence-electron chi connectivity index (χ4n) is 5.99. The molecular formula is C38H24. The van der Waals surface area contributed by atoms with Crippen LogP contribution < -0.4 is 0 Å². The zero-order valence-electron chi connectivity index (χ0n) is 20.9. The molecule has 0 aliphatic carbocycles. The first kappa shape index (κ1) is 21.2. The van der Waals surface area contributed by atoms with Crippen molar-refractivity contribution in [2.45, 2.75) is 0 Å². The number of hydrogen-bond acceptors (Lipinski definition) is 0. The Morgan fingerprint density at radius 1 is 0.237 bits per heavy atom. The van der Waals surface area contributed by atoms with Crippen LogP contribution in [-0.2, 0) is 0 Å². The van der Waals surface area contributed by atoms with Gasteiger partial charge in [0.25, 0.3) is 0 Å². The normalized spacial score (nSPS) is 11.7. The predicted octanol–water partition coefficient (Wildman–Crippen LogP) is 10.8. The molecule has 0 heterocycles. The van der Waals surface area contributed by atoms with Gasteiger partial charge in [-0.2, -0.15) is 0 Å². The van der Waals surface area contributed by atoms with Crippen molar-refractivity contribution in [2.75, 3.05) is 0 Å². The van der Waals surface area contributed by atoms with Crippen molar-refractivity contribution < 1.29 is 0 Å². The van der Waals surface area contributed by atoms with E-state index in [4.69, 9.17) is 0 Å². The first-order valence-electron chi connectivity index (χ1n) is 13.2. The lowest BCUT2D eigenvalue weighted by molar-refractivity contribution is 1.66. The van der Waals surface area contributed by atoms with E-state index in [9.17, 15) is 0 Å². The third-order valence-corrected chi connectivity index (χ3v) is 7.98. The molecule has 8 rings (SSSR count). The van der Waals surface area contributed by atoms with Crippen LogP contribution in [0.15, 0.2) is 146 Å². The number of rotatable bonds is 2. The molecule has 8 aromatic carbocycles. The summed E-state index contributed by atoms with van der Waals surface area (Å²) in [7, 11) is 0. The molecular weight excluding hydrogens is 456 g/mol. The highest BCUT2D eigenvalue weighted by molar-refractivity contribution is 6.20. The first-order chi connectivity index (χ1) is 18.8. The Hall–Kier alpha value is -4.94. The molecule has 0 N–H and O–H groups in total. The second-order valence-electron chi connectivity index (χ2n) is 10.2. The molecule has 0 aromatic heterocycles. The number of benzene rings is 8. The number of hydrogen-bond donors (Lipinski definition) is 0. The van der Waals surface area contributed by atoms with Gasteiger partial charge in [-0.15, -0.1) is 0 Å². The average molecular weight is 481 g/mol. The van der Waals surface area contributed by atoms with Gasteiger partial charge < -0.3 is 0 Å². The highest BCUT2D eigenvalue weighted by Gasteiger charge is 2.08. The van der Waals surface area contributed by atoms with Crippen LogP contribution in [0.1, 0.15) is 0 Å². The van der Waals surface area contributed by atoms with Crippen molar-refractivity contribution in [1.82, 2.24) is 0 Å². The summed E-state index contributed by atoms with van der Waals surface area (Å²) >= 11 is 0. The summed E-state index contributed by atoms with van der Waals surface area (Å²) in [6, 6.07) is 53.4. The van der Waals surface area contributed by atoms with Gasteiger partial charge in [-0.3, -0.25) is 0 Å². The Morgan fingerprint density at radius 2 is 0.632 bits per heavy atom. The van der Waals surface area contributed by atoms with Crippen LogP contribution in [0.5, 0.6) is 0 Å². The summed E-state index contributed by atoms with van der Waals surface area (Å²) in [5.74, 6) is 0. The molecule has 0 saturated carbocycles. The molecule has 176 valence electrons. The highest BCUT2D eigenvalue weighted by atomic mass is 14.1. The highest BCUT2D eigenvalue weighted by Crippen LogP contribution is 2.35. The van der Waals surface area contributed by atoms with Crippen LogP contribution in [0.2, 0.25) is 0 Å². The fraction of sp³-hybridized carbons (Fsp3) is 0. The molecule has 0 unspecified atom stereocenters. The second kappa shape index (κ2) is 8.30. The molecule has 0 aliphatic heterocycles. The van der Waals surface area contributed by atoms with E-state index < -0.39 is 0 Å². The lowest BCUT2D eigenvalue weighted by atomic mass is 9.93. The van der Waals surface area contributed by atoms with E-state index >= 15 is 0 Å². The SMILES string of the molecule is c1ccc2cc(-c3ccc4cc(-c5ccc6c(ccc7ccc8ccccc8c76)c5)ccc4c3)ccc2c1. The quantitative estimate of drug-likeness (QED) is 0.216. The zero-order valence-corrected chi connectivity index (χ0v) is 20.9. The molecule has 0 bridgehead atoms. The van der Waals surface area contributed by atoms with Gasteiger partial charge in [0.2, 0.25) is 0 Å². The van der Waals surface area contributed by atoms with E-state index in [1.807, 2.05) is 0 Å². The van der Waals surface area contributed by atoms with Crippen LogP contribution in [0.3, 0.4) is 0 Å². The Kier molecular flexibility index (Phi) is 4.62. The fourth-order valence-corrected chi connectivity index (χ4v) is 5.99. The Bertz CT molecular complexity index is 2180. The Morgan fingerprint density at radius 3 is 1.32 bits per heavy atom. The topological polar surface area (TPSA) is 0 Å². The van der Waals surface area contributed by atoms with Crippen LogP contribution in [0, 0.1) is 0 Å². The van der Waals surface area contributed by atoms with E-state index in [2.05, 4.69) is 146 Å². The van der Waals surface area contributed by atoms with Crippen LogP contribution >= 0.6 is 0 Å². The third kappa shape index (κ3) is 3.38. The molecule has 0 radical (unpaired) electrons. The molecule has 0 amide bonds. The maximum atomic E-state index is 2.33. The minimum Gasteiger partial charge on any atom is -0.0616 e. The first-order valence-corrected chi connectivity index (χ1v) is 13.2. The van der Waals surface area contributed by atoms with Crippen molar-refractivity contribution in [2.24, 2.45) is 0 Å². The molecule has 0 fully saturated rings. The summed E-state index contributed by atoms with van der Waals surface area (Å²) in [6.45, 7) is 0. The summed E-state index contributed by atoms with van der Waals surface area (Å²) in [4.78, 5) is 0. The van der Waals surface area contributed by atoms with Gasteiger partial charge in [-0.25, -0.2) is 0 Å². The van der Waals surface area contributed by atoms with Crippen LogP contribution in [0.4, 0.5) is 0 Å². The molecule has 0 heteroatoms. The van der Waals surface area contributed by atoms with E-state index in [1.54, 1.807) is 0 Å². The van der Waals surface area contributed by atoms with Gasteiger partial charge >= 0.3 is 0 Å². The summed E-state index contributed by atoms with van der Waals surface area (Å²) in [5.41, 5.74) is 5.00. The molecule has 8 aromatic rings.